The van der Waals surface area contributed by atoms with E-state index in [-0.39, 0.29) is 23.0 Å². The van der Waals surface area contributed by atoms with Crippen LogP contribution in [0.5, 0.6) is 0 Å². The van der Waals surface area contributed by atoms with Crippen LogP contribution in [0.1, 0.15) is 10.4 Å². The van der Waals surface area contributed by atoms with Crippen LogP contribution in [0.4, 0.5) is 11.6 Å². The van der Waals surface area contributed by atoms with E-state index in [9.17, 15) is 19.7 Å². The molecule has 2 aromatic rings. The molecule has 0 spiro atoms. The van der Waals surface area contributed by atoms with Crippen molar-refractivity contribution in [2.24, 2.45) is 0 Å². The molecule has 1 heterocycles. The van der Waals surface area contributed by atoms with Crippen molar-refractivity contribution in [3.63, 3.8) is 0 Å². The number of benzene rings is 1. The highest BCUT2D eigenvalue weighted by Crippen LogP contribution is 2.12. The van der Waals surface area contributed by atoms with E-state index in [0.29, 0.717) is 5.16 Å². The summed E-state index contributed by atoms with van der Waals surface area (Å²) in [7, 11) is 0. The molecular weight excluding hydrogens is 326 g/mol. The second-order valence-corrected chi connectivity index (χ2v) is 5.04. The number of H-pyrrole nitrogens is 1. The van der Waals surface area contributed by atoms with E-state index in [1.54, 1.807) is 0 Å². The maximum atomic E-state index is 11.8. The Morgan fingerprint density at radius 3 is 2.57 bits per heavy atom. The van der Waals surface area contributed by atoms with E-state index in [0.717, 1.165) is 11.8 Å². The molecule has 0 aliphatic carbocycles. The molecular formula is C11H11N7O4S. The predicted molar refractivity (Wildman–Crippen MR) is 80.2 cm³/mol. The maximum absolute atomic E-state index is 11.8. The zero-order chi connectivity index (χ0) is 16.8. The summed E-state index contributed by atoms with van der Waals surface area (Å²) in [6.45, 7) is 0. The number of nitro groups is 1. The first-order valence-corrected chi connectivity index (χ1v) is 7.08. The van der Waals surface area contributed by atoms with Gasteiger partial charge in [0.25, 0.3) is 11.6 Å². The normalized spacial score (nSPS) is 10.1. The average molecular weight is 337 g/mol. The lowest BCUT2D eigenvalue weighted by atomic mass is 10.2. The number of amides is 2. The van der Waals surface area contributed by atoms with Crippen LogP contribution in [0.2, 0.25) is 0 Å². The fraction of sp³-hybridized carbons (Fsp3) is 0.0909. The number of nitrogen functional groups attached to an aromatic ring is 1. The van der Waals surface area contributed by atoms with Gasteiger partial charge in [0.1, 0.15) is 0 Å². The molecule has 0 fully saturated rings. The number of nitro benzene ring substituents is 1. The first kappa shape index (κ1) is 16.2. The zero-order valence-corrected chi connectivity index (χ0v) is 12.3. The van der Waals surface area contributed by atoms with Crippen LogP contribution in [0, 0.1) is 10.1 Å². The number of aromatic amines is 1. The lowest BCUT2D eigenvalue weighted by molar-refractivity contribution is -0.384. The minimum atomic E-state index is -0.597. The molecule has 2 rings (SSSR count). The summed E-state index contributed by atoms with van der Waals surface area (Å²) in [5, 5.41) is 17.0. The Bertz CT molecular complexity index is 730. The second kappa shape index (κ2) is 7.22. The molecule has 1 aromatic carbocycles. The van der Waals surface area contributed by atoms with Crippen LogP contribution in [0.25, 0.3) is 0 Å². The largest absolute Gasteiger partial charge is 0.368 e. The van der Waals surface area contributed by atoms with Crippen molar-refractivity contribution < 1.29 is 14.5 Å². The number of nitrogens with one attached hydrogen (secondary N) is 3. The highest BCUT2D eigenvalue weighted by molar-refractivity contribution is 7.99. The summed E-state index contributed by atoms with van der Waals surface area (Å²) in [5.74, 6) is -0.967. The quantitative estimate of drug-likeness (QED) is 0.331. The molecule has 0 aliphatic heterocycles. The number of aromatic nitrogens is 3. The van der Waals surface area contributed by atoms with Gasteiger partial charge in [0, 0.05) is 17.7 Å². The minimum absolute atomic E-state index is 0.0299. The molecule has 2 amide bonds. The molecule has 0 radical (unpaired) electrons. The molecule has 0 saturated heterocycles. The van der Waals surface area contributed by atoms with Crippen LogP contribution >= 0.6 is 11.8 Å². The van der Waals surface area contributed by atoms with Gasteiger partial charge in [0.05, 0.1) is 10.7 Å². The third-order valence-corrected chi connectivity index (χ3v) is 3.32. The van der Waals surface area contributed by atoms with Gasteiger partial charge in [-0.25, -0.2) is 5.10 Å². The van der Waals surface area contributed by atoms with Crippen molar-refractivity contribution in [1.29, 1.82) is 0 Å². The molecule has 12 heteroatoms. The molecule has 23 heavy (non-hydrogen) atoms. The standard InChI is InChI=1S/C11H11N7O4S/c12-10-13-11(17-16-10)23-5-8(19)14-15-9(20)6-1-3-7(4-2-6)18(21)22/h1-4H,5H2,(H,14,19)(H,15,20)(H3,12,13,16,17). The summed E-state index contributed by atoms with van der Waals surface area (Å²) >= 11 is 1.03. The van der Waals surface area contributed by atoms with E-state index in [2.05, 4.69) is 26.0 Å². The molecule has 0 bridgehead atoms. The molecule has 5 N–H and O–H groups in total. The predicted octanol–water partition coefficient (Wildman–Crippen LogP) is -0.152. The Labute approximate surface area is 133 Å². The number of nitrogens with zero attached hydrogens (tertiary/aromatic N) is 3. The minimum Gasteiger partial charge on any atom is -0.368 e. The van der Waals surface area contributed by atoms with Gasteiger partial charge in [-0.05, 0) is 12.1 Å². The van der Waals surface area contributed by atoms with Crippen molar-refractivity contribution in [3.8, 4) is 0 Å². The number of hydrogen-bond acceptors (Lipinski definition) is 8. The second-order valence-electron chi connectivity index (χ2n) is 4.10. The number of rotatable bonds is 5. The smallest absolute Gasteiger partial charge is 0.269 e. The molecule has 0 saturated carbocycles. The van der Waals surface area contributed by atoms with Crippen LogP contribution < -0.4 is 16.6 Å². The van der Waals surface area contributed by atoms with E-state index in [4.69, 9.17) is 5.73 Å². The van der Waals surface area contributed by atoms with Gasteiger partial charge in [-0.2, -0.15) is 4.98 Å². The summed E-state index contributed by atoms with van der Waals surface area (Å²) in [6, 6.07) is 4.95. The summed E-state index contributed by atoms with van der Waals surface area (Å²) in [4.78, 5) is 37.1. The van der Waals surface area contributed by atoms with Crippen LogP contribution in [-0.4, -0.2) is 37.7 Å². The zero-order valence-electron chi connectivity index (χ0n) is 11.5. The summed E-state index contributed by atoms with van der Waals surface area (Å²) in [6.07, 6.45) is 0. The van der Waals surface area contributed by atoms with Gasteiger partial charge in [-0.15, -0.1) is 5.10 Å². The number of nitrogens with two attached hydrogens (primary N) is 1. The lowest BCUT2D eigenvalue weighted by Gasteiger charge is -2.06. The fourth-order valence-electron chi connectivity index (χ4n) is 1.42. The van der Waals surface area contributed by atoms with E-state index in [1.807, 2.05) is 0 Å². The van der Waals surface area contributed by atoms with E-state index >= 15 is 0 Å². The molecule has 1 aromatic heterocycles. The molecule has 0 unspecified atom stereocenters. The van der Waals surface area contributed by atoms with Crippen molar-refractivity contribution in [1.82, 2.24) is 26.0 Å². The van der Waals surface area contributed by atoms with Crippen molar-refractivity contribution >= 4 is 35.2 Å². The molecule has 0 aliphatic rings. The first-order valence-electron chi connectivity index (χ1n) is 6.10. The Morgan fingerprint density at radius 1 is 1.30 bits per heavy atom. The maximum Gasteiger partial charge on any atom is 0.269 e. The van der Waals surface area contributed by atoms with Crippen molar-refractivity contribution in [2.45, 2.75) is 5.16 Å². The first-order chi connectivity index (χ1) is 11.0. The number of thioether (sulfide) groups is 1. The fourth-order valence-corrected chi connectivity index (χ4v) is 2.03. The highest BCUT2D eigenvalue weighted by Gasteiger charge is 2.11. The van der Waals surface area contributed by atoms with Crippen LogP contribution in [0.3, 0.4) is 0 Å². The van der Waals surface area contributed by atoms with E-state index < -0.39 is 16.7 Å². The summed E-state index contributed by atoms with van der Waals surface area (Å²) in [5.41, 5.74) is 9.77. The number of anilines is 1. The topological polar surface area (TPSA) is 169 Å². The van der Waals surface area contributed by atoms with Crippen LogP contribution in [-0.2, 0) is 4.79 Å². The van der Waals surface area contributed by atoms with Crippen molar-refractivity contribution in [2.75, 3.05) is 11.5 Å². The Kier molecular flexibility index (Phi) is 5.09. The third-order valence-electron chi connectivity index (χ3n) is 2.47. The van der Waals surface area contributed by atoms with Gasteiger partial charge < -0.3 is 5.73 Å². The molecule has 0 atom stereocenters. The Hall–Kier alpha value is -3.15. The van der Waals surface area contributed by atoms with E-state index in [1.165, 1.54) is 24.3 Å². The van der Waals surface area contributed by atoms with Crippen molar-refractivity contribution in [3.05, 3.63) is 39.9 Å². The molecule has 11 nitrogen and oxygen atoms in total. The number of hydrogen-bond donors (Lipinski definition) is 4. The monoisotopic (exact) mass is 337 g/mol. The number of non-ortho nitro benzene ring substituents is 1. The highest BCUT2D eigenvalue weighted by atomic mass is 32.2. The Morgan fingerprint density at radius 2 is 2.00 bits per heavy atom. The number of hydrazine groups is 1. The molecule has 120 valence electrons. The van der Waals surface area contributed by atoms with Gasteiger partial charge in [-0.3, -0.25) is 30.6 Å². The lowest BCUT2D eigenvalue weighted by Crippen LogP contribution is -2.42. The van der Waals surface area contributed by atoms with Gasteiger partial charge >= 0.3 is 0 Å². The average Bonchev–Trinajstić information content (AvgIpc) is 2.96. The van der Waals surface area contributed by atoms with Gasteiger partial charge in [-0.1, -0.05) is 11.8 Å². The Balaban J connectivity index is 1.79. The van der Waals surface area contributed by atoms with Crippen LogP contribution in [0.15, 0.2) is 29.4 Å². The summed E-state index contributed by atoms with van der Waals surface area (Å²) < 4.78 is 0. The SMILES string of the molecule is Nc1nc(SCC(=O)NNC(=O)c2ccc([N+](=O)[O-])cc2)n[nH]1. The number of carbonyl (C=O) groups is 2. The third kappa shape index (κ3) is 4.67. The van der Waals surface area contributed by atoms with Gasteiger partial charge in [0.15, 0.2) is 0 Å². The number of carbonyl (C=O) groups excluding carboxylic acids is 2. The van der Waals surface area contributed by atoms with Gasteiger partial charge in [0.2, 0.25) is 17.0 Å².